The van der Waals surface area contributed by atoms with E-state index in [0.717, 1.165) is 7.11 Å². The second-order valence-corrected chi connectivity index (χ2v) is 7.75. The number of ether oxygens (including phenoxy) is 2. The number of aliphatic hydroxyl groups is 1. The Labute approximate surface area is 155 Å². The summed E-state index contributed by atoms with van der Waals surface area (Å²) >= 11 is 0. The van der Waals surface area contributed by atoms with Crippen LogP contribution in [0.3, 0.4) is 0 Å². The highest BCUT2D eigenvalue weighted by Crippen LogP contribution is 2.56. The zero-order chi connectivity index (χ0) is 20.0. The van der Waals surface area contributed by atoms with Gasteiger partial charge in [-0.1, -0.05) is 13.8 Å². The van der Waals surface area contributed by atoms with Gasteiger partial charge in [0.25, 0.3) is 5.79 Å². The zero-order valence-electron chi connectivity index (χ0n) is 15.6. The van der Waals surface area contributed by atoms with Crippen molar-refractivity contribution in [2.75, 3.05) is 7.11 Å². The van der Waals surface area contributed by atoms with Crippen LogP contribution in [0.5, 0.6) is 17.2 Å². The maximum absolute atomic E-state index is 13.0. The van der Waals surface area contributed by atoms with E-state index in [9.17, 15) is 24.9 Å². The summed E-state index contributed by atoms with van der Waals surface area (Å²) in [6.07, 6.45) is -0.304. The molecule has 0 bridgehead atoms. The van der Waals surface area contributed by atoms with Crippen LogP contribution in [-0.4, -0.2) is 45.9 Å². The van der Waals surface area contributed by atoms with Gasteiger partial charge < -0.3 is 24.8 Å². The fourth-order valence-electron chi connectivity index (χ4n) is 4.14. The van der Waals surface area contributed by atoms with Crippen molar-refractivity contribution in [1.82, 2.24) is 0 Å². The van der Waals surface area contributed by atoms with Gasteiger partial charge >= 0.3 is 0 Å². The normalized spacial score (nSPS) is 25.6. The number of methoxy groups -OCH3 is 1. The molecule has 142 valence electrons. The lowest BCUT2D eigenvalue weighted by molar-refractivity contribution is -0.114. The number of aryl methyl sites for hydroxylation is 1. The maximum Gasteiger partial charge on any atom is 0.297 e. The van der Waals surface area contributed by atoms with Crippen molar-refractivity contribution in [2.24, 2.45) is 0 Å². The number of fused-ring (bicyclic) bond motifs is 2. The molecule has 3 N–H and O–H groups in total. The molecule has 0 fully saturated rings. The summed E-state index contributed by atoms with van der Waals surface area (Å²) in [5.41, 5.74) is -0.127. The van der Waals surface area contributed by atoms with Crippen molar-refractivity contribution in [3.05, 3.63) is 28.3 Å². The predicted octanol–water partition coefficient (Wildman–Crippen LogP) is 2.33. The van der Waals surface area contributed by atoms with E-state index in [4.69, 9.17) is 9.47 Å². The lowest BCUT2D eigenvalue weighted by Gasteiger charge is -2.31. The van der Waals surface area contributed by atoms with Crippen molar-refractivity contribution in [3.63, 3.8) is 0 Å². The van der Waals surface area contributed by atoms with E-state index in [1.807, 2.05) is 20.8 Å². The van der Waals surface area contributed by atoms with Gasteiger partial charge in [-0.15, -0.1) is 0 Å². The average Bonchev–Trinajstić information content (AvgIpc) is 2.82. The molecule has 0 unspecified atom stereocenters. The highest BCUT2D eigenvalue weighted by atomic mass is 16.6. The van der Waals surface area contributed by atoms with Crippen LogP contribution in [0.15, 0.2) is 6.07 Å². The topological polar surface area (TPSA) is 113 Å². The Morgan fingerprint density at radius 2 is 1.70 bits per heavy atom. The zero-order valence-corrected chi connectivity index (χ0v) is 15.6. The molecule has 7 heteroatoms. The summed E-state index contributed by atoms with van der Waals surface area (Å²) in [5.74, 6) is -5.34. The van der Waals surface area contributed by atoms with E-state index in [0.29, 0.717) is 22.3 Å². The Bertz CT molecular complexity index is 1070. The standard InChI is InChI=1S/C20H20O7/c1-7-6-9(21)11-12-10(7)16-14(19(3,4)8(2)27-16)15(22)13(12)18(24)20(25,26-5)17(11)23/h6,8,21-22,25H,1-5H3/t8-,20+/m0/s1. The predicted molar refractivity (Wildman–Crippen MR) is 95.8 cm³/mol. The van der Waals surface area contributed by atoms with Gasteiger partial charge in [0, 0.05) is 28.9 Å². The van der Waals surface area contributed by atoms with Crippen LogP contribution in [0.25, 0.3) is 10.8 Å². The molecule has 2 aromatic rings. The van der Waals surface area contributed by atoms with E-state index in [1.165, 1.54) is 6.07 Å². The number of phenols is 2. The fraction of sp³-hybridized carbons (Fsp3) is 0.400. The number of aromatic hydroxyl groups is 2. The van der Waals surface area contributed by atoms with Crippen molar-refractivity contribution < 1.29 is 34.4 Å². The van der Waals surface area contributed by atoms with Gasteiger partial charge in [0.05, 0.1) is 11.1 Å². The molecule has 4 rings (SSSR count). The molecule has 2 aromatic carbocycles. The monoisotopic (exact) mass is 372 g/mol. The smallest absolute Gasteiger partial charge is 0.297 e. The molecule has 0 spiro atoms. The van der Waals surface area contributed by atoms with Gasteiger partial charge in [0.2, 0.25) is 11.6 Å². The molecule has 0 aromatic heterocycles. The summed E-state index contributed by atoms with van der Waals surface area (Å²) in [6, 6.07) is 1.38. The Kier molecular flexibility index (Phi) is 3.28. The molecule has 0 saturated carbocycles. The first-order chi connectivity index (χ1) is 12.5. The molecule has 1 aliphatic heterocycles. The third-order valence-corrected chi connectivity index (χ3v) is 6.00. The Hall–Kier alpha value is -2.64. The van der Waals surface area contributed by atoms with Gasteiger partial charge in [-0.3, -0.25) is 9.59 Å². The van der Waals surface area contributed by atoms with Gasteiger partial charge in [-0.2, -0.15) is 0 Å². The molecule has 0 amide bonds. The van der Waals surface area contributed by atoms with Crippen LogP contribution in [0, 0.1) is 6.92 Å². The Morgan fingerprint density at radius 1 is 1.11 bits per heavy atom. The number of phenolic OH excluding ortho intramolecular Hbond substituents is 2. The van der Waals surface area contributed by atoms with Crippen LogP contribution in [0.4, 0.5) is 0 Å². The molecule has 1 heterocycles. The minimum absolute atomic E-state index is 0.0744. The lowest BCUT2D eigenvalue weighted by atomic mass is 9.74. The molecular weight excluding hydrogens is 352 g/mol. The molecule has 2 aliphatic rings. The van der Waals surface area contributed by atoms with E-state index in [2.05, 4.69) is 0 Å². The van der Waals surface area contributed by atoms with Crippen LogP contribution in [-0.2, 0) is 10.2 Å². The second kappa shape index (κ2) is 4.99. The van der Waals surface area contributed by atoms with Crippen LogP contribution < -0.4 is 4.74 Å². The summed E-state index contributed by atoms with van der Waals surface area (Å²) in [6.45, 7) is 7.31. The molecule has 2 atom stereocenters. The number of hydrogen-bond donors (Lipinski definition) is 3. The third-order valence-electron chi connectivity index (χ3n) is 6.00. The quantitative estimate of drug-likeness (QED) is 0.520. The van der Waals surface area contributed by atoms with Crippen molar-refractivity contribution in [2.45, 2.75) is 45.0 Å². The highest BCUT2D eigenvalue weighted by molar-refractivity contribution is 6.35. The average molecular weight is 372 g/mol. The van der Waals surface area contributed by atoms with Crippen molar-refractivity contribution >= 4 is 22.3 Å². The minimum atomic E-state index is -2.81. The summed E-state index contributed by atoms with van der Waals surface area (Å²) in [7, 11) is 1.02. The highest BCUT2D eigenvalue weighted by Gasteiger charge is 2.55. The molecule has 0 radical (unpaired) electrons. The van der Waals surface area contributed by atoms with E-state index >= 15 is 0 Å². The Balaban J connectivity index is 2.31. The number of rotatable bonds is 1. The number of carbonyl (C=O) groups excluding carboxylic acids is 2. The Morgan fingerprint density at radius 3 is 2.30 bits per heavy atom. The minimum Gasteiger partial charge on any atom is -0.507 e. The largest absolute Gasteiger partial charge is 0.507 e. The first-order valence-corrected chi connectivity index (χ1v) is 8.57. The van der Waals surface area contributed by atoms with Crippen LogP contribution in [0.1, 0.15) is 52.6 Å². The van der Waals surface area contributed by atoms with Crippen LogP contribution >= 0.6 is 0 Å². The maximum atomic E-state index is 13.0. The number of hydrogen-bond acceptors (Lipinski definition) is 7. The van der Waals surface area contributed by atoms with Gasteiger partial charge in [0.1, 0.15) is 23.4 Å². The van der Waals surface area contributed by atoms with Gasteiger partial charge in [-0.05, 0) is 25.5 Å². The molecular formula is C20H20O7. The number of Topliss-reactive ketones (excluding diaryl/α,β-unsaturated/α-hetero) is 2. The first kappa shape index (κ1) is 17.8. The van der Waals surface area contributed by atoms with Crippen molar-refractivity contribution in [3.8, 4) is 17.2 Å². The van der Waals surface area contributed by atoms with Crippen LogP contribution in [0.2, 0.25) is 0 Å². The summed E-state index contributed by atoms with van der Waals surface area (Å²) < 4.78 is 10.8. The number of benzene rings is 2. The summed E-state index contributed by atoms with van der Waals surface area (Å²) in [4.78, 5) is 25.8. The van der Waals surface area contributed by atoms with E-state index in [-0.39, 0.29) is 28.4 Å². The van der Waals surface area contributed by atoms with Gasteiger partial charge in [-0.25, -0.2) is 0 Å². The lowest BCUT2D eigenvalue weighted by Crippen LogP contribution is -2.51. The molecule has 0 saturated heterocycles. The van der Waals surface area contributed by atoms with Gasteiger partial charge in [0.15, 0.2) is 0 Å². The molecule has 1 aliphatic carbocycles. The van der Waals surface area contributed by atoms with Crippen molar-refractivity contribution in [1.29, 1.82) is 0 Å². The van der Waals surface area contributed by atoms with E-state index < -0.39 is 28.5 Å². The molecule has 7 nitrogen and oxygen atoms in total. The summed E-state index contributed by atoms with van der Waals surface area (Å²) in [5, 5.41) is 32.6. The fourth-order valence-corrected chi connectivity index (χ4v) is 4.14. The first-order valence-electron chi connectivity index (χ1n) is 8.57. The number of carbonyl (C=O) groups is 2. The third kappa shape index (κ3) is 1.83. The van der Waals surface area contributed by atoms with E-state index in [1.54, 1.807) is 6.92 Å². The SMILES string of the molecule is CO[C@]1(O)C(=O)c2c(O)cc(C)c3c4c(c(O)c(c23)C1=O)C(C)(C)[C@H](C)O4. The molecule has 27 heavy (non-hydrogen) atoms. The second-order valence-electron chi connectivity index (χ2n) is 7.75. The number of ketones is 2.